The van der Waals surface area contributed by atoms with E-state index in [1.165, 1.54) is 11.1 Å². The Morgan fingerprint density at radius 1 is 1.08 bits per heavy atom. The molecule has 4 nitrogen and oxygen atoms in total. The molecule has 0 fully saturated rings. The lowest BCUT2D eigenvalue weighted by Crippen LogP contribution is -2.49. The van der Waals surface area contributed by atoms with Crippen molar-refractivity contribution in [2.45, 2.75) is 38.6 Å². The maximum absolute atomic E-state index is 12.0. The van der Waals surface area contributed by atoms with Crippen LogP contribution in [0.5, 0.6) is 0 Å². The molecule has 2 rings (SSSR count). The summed E-state index contributed by atoms with van der Waals surface area (Å²) in [5, 5.41) is 12.9. The number of rotatable bonds is 7. The van der Waals surface area contributed by atoms with Gasteiger partial charge in [0.1, 0.15) is 0 Å². The van der Waals surface area contributed by atoms with Crippen molar-refractivity contribution in [3.8, 4) is 0 Å². The van der Waals surface area contributed by atoms with Gasteiger partial charge in [-0.3, -0.25) is 0 Å². The van der Waals surface area contributed by atoms with Crippen LogP contribution in [0.4, 0.5) is 4.79 Å². The largest absolute Gasteiger partial charge is 0.338 e. The van der Waals surface area contributed by atoms with E-state index in [4.69, 9.17) is 0 Å². The van der Waals surface area contributed by atoms with Crippen LogP contribution in [0.25, 0.3) is 0 Å². The molecule has 0 spiro atoms. The zero-order valence-electron chi connectivity index (χ0n) is 15.8. The van der Waals surface area contributed by atoms with E-state index < -0.39 is 0 Å². The fraction of sp³-hybridized carbons (Fsp3) is 0.450. The smallest absolute Gasteiger partial charge is 0.315 e. The van der Waals surface area contributed by atoms with Crippen LogP contribution < -0.4 is 16.0 Å². The van der Waals surface area contributed by atoms with Crippen LogP contribution in [0.1, 0.15) is 31.4 Å². The Kier molecular flexibility index (Phi) is 9.88. The third-order valence-corrected chi connectivity index (χ3v) is 4.18. The molecular formula is C20H31N3OS. The molecular weight excluding hydrogens is 330 g/mol. The minimum Gasteiger partial charge on any atom is -0.338 e. The minimum atomic E-state index is -0.245. The first-order chi connectivity index (χ1) is 12.0. The third kappa shape index (κ3) is 9.89. The summed E-state index contributed by atoms with van der Waals surface area (Å²) in [4.78, 5) is 12.0. The van der Waals surface area contributed by atoms with Crippen molar-refractivity contribution in [3.63, 3.8) is 0 Å². The van der Waals surface area contributed by atoms with Crippen molar-refractivity contribution < 1.29 is 4.79 Å². The van der Waals surface area contributed by atoms with E-state index in [0.29, 0.717) is 6.54 Å². The Hall–Kier alpha value is -1.85. The number of carbonyl (C=O) groups excluding carboxylic acids is 1. The second-order valence-corrected chi connectivity index (χ2v) is 7.44. The Balaban J connectivity index is 0.000000970. The van der Waals surface area contributed by atoms with Gasteiger partial charge in [0.15, 0.2) is 0 Å². The van der Waals surface area contributed by atoms with Crippen LogP contribution in [0.2, 0.25) is 0 Å². The second kappa shape index (κ2) is 11.7. The van der Waals surface area contributed by atoms with Crippen LogP contribution in [0.3, 0.4) is 0 Å². The van der Waals surface area contributed by atoms with Gasteiger partial charge in [-0.15, -0.1) is 0 Å². The quantitative estimate of drug-likeness (QED) is 0.656. The first-order valence-corrected chi connectivity index (χ1v) is 9.60. The van der Waals surface area contributed by atoms with Crippen LogP contribution in [0, 0.1) is 0 Å². The highest BCUT2D eigenvalue weighted by Crippen LogP contribution is 2.15. The Morgan fingerprint density at radius 2 is 1.76 bits per heavy atom. The van der Waals surface area contributed by atoms with Crippen molar-refractivity contribution >= 4 is 17.4 Å². The van der Waals surface area contributed by atoms with Gasteiger partial charge in [-0.25, -0.2) is 4.79 Å². The first-order valence-electron chi connectivity index (χ1n) is 8.66. The van der Waals surface area contributed by atoms with Gasteiger partial charge in [-0.1, -0.05) is 30.3 Å². The lowest BCUT2D eigenvalue weighted by Gasteiger charge is -2.26. The van der Waals surface area contributed by atoms with Crippen LogP contribution in [-0.4, -0.2) is 32.2 Å². The molecule has 0 aliphatic heterocycles. The van der Waals surface area contributed by atoms with Gasteiger partial charge >= 0.3 is 6.03 Å². The molecule has 1 aromatic heterocycles. The predicted molar refractivity (Wildman–Crippen MR) is 108 cm³/mol. The predicted octanol–water partition coefficient (Wildman–Crippen LogP) is 3.84. The number of nitrogens with one attached hydrogen (secondary N) is 3. The number of thiophene rings is 1. The second-order valence-electron chi connectivity index (χ2n) is 6.66. The molecule has 1 aromatic carbocycles. The molecule has 0 saturated heterocycles. The zero-order valence-corrected chi connectivity index (χ0v) is 16.6. The topological polar surface area (TPSA) is 53.2 Å². The average Bonchev–Trinajstić information content (AvgIpc) is 3.05. The highest BCUT2D eigenvalue weighted by Gasteiger charge is 2.20. The maximum Gasteiger partial charge on any atom is 0.315 e. The van der Waals surface area contributed by atoms with Crippen molar-refractivity contribution in [1.82, 2.24) is 16.0 Å². The normalized spacial score (nSPS) is 10.6. The van der Waals surface area contributed by atoms with Crippen LogP contribution in [-0.2, 0) is 12.8 Å². The molecule has 5 heteroatoms. The van der Waals surface area contributed by atoms with Gasteiger partial charge in [0, 0.05) is 12.1 Å². The van der Waals surface area contributed by atoms with E-state index in [9.17, 15) is 4.79 Å². The Labute approximate surface area is 156 Å². The first kappa shape index (κ1) is 21.2. The van der Waals surface area contributed by atoms with E-state index in [2.05, 4.69) is 44.9 Å². The molecule has 1 heterocycles. The molecule has 3 N–H and O–H groups in total. The van der Waals surface area contributed by atoms with Crippen molar-refractivity contribution in [2.75, 3.05) is 20.6 Å². The molecule has 2 aromatic rings. The van der Waals surface area contributed by atoms with Crippen molar-refractivity contribution in [2.24, 2.45) is 0 Å². The summed E-state index contributed by atoms with van der Waals surface area (Å²) in [5.41, 5.74) is 2.33. The summed E-state index contributed by atoms with van der Waals surface area (Å²) in [6.07, 6.45) is 2.77. The number of carbonyl (C=O) groups is 1. The molecule has 0 aliphatic rings. The molecule has 0 atom stereocenters. The van der Waals surface area contributed by atoms with Gasteiger partial charge in [0.05, 0.1) is 0 Å². The minimum absolute atomic E-state index is 0.0895. The maximum atomic E-state index is 12.0. The number of amides is 2. The monoisotopic (exact) mass is 361 g/mol. The molecule has 0 unspecified atom stereocenters. The molecule has 0 aliphatic carbocycles. The average molecular weight is 362 g/mol. The van der Waals surface area contributed by atoms with Crippen LogP contribution >= 0.6 is 11.3 Å². The van der Waals surface area contributed by atoms with E-state index in [-0.39, 0.29) is 11.6 Å². The molecule has 0 radical (unpaired) electrons. The molecule has 0 saturated carbocycles. The van der Waals surface area contributed by atoms with E-state index in [1.54, 1.807) is 11.3 Å². The van der Waals surface area contributed by atoms with E-state index >= 15 is 0 Å². The standard InChI is InChI=1S/C18H24N2OS.C2H7N/c1-18(2,13-16-10-12-22-14-16)20-17(21)19-11-6-9-15-7-4-3-5-8-15;1-3-2/h3-5,7-8,10,12,14H,6,9,11,13H2,1-2H3,(H2,19,20,21);3H,1-2H3. The Morgan fingerprint density at radius 3 is 2.36 bits per heavy atom. The fourth-order valence-corrected chi connectivity index (χ4v) is 3.11. The van der Waals surface area contributed by atoms with Gasteiger partial charge in [-0.2, -0.15) is 11.3 Å². The number of hydrogen-bond acceptors (Lipinski definition) is 3. The van der Waals surface area contributed by atoms with Gasteiger partial charge in [-0.05, 0) is 75.2 Å². The summed E-state index contributed by atoms with van der Waals surface area (Å²) in [7, 11) is 3.75. The SMILES string of the molecule is CC(C)(Cc1ccsc1)NC(=O)NCCCc1ccccc1.CNC. The summed E-state index contributed by atoms with van der Waals surface area (Å²) in [6, 6.07) is 12.4. The van der Waals surface area contributed by atoms with Crippen molar-refractivity contribution in [3.05, 3.63) is 58.3 Å². The Bertz CT molecular complexity index is 582. The van der Waals surface area contributed by atoms with Gasteiger partial charge < -0.3 is 16.0 Å². The van der Waals surface area contributed by atoms with E-state index in [0.717, 1.165) is 19.3 Å². The number of urea groups is 1. The number of benzene rings is 1. The molecule has 2 amide bonds. The highest BCUT2D eigenvalue weighted by atomic mass is 32.1. The highest BCUT2D eigenvalue weighted by molar-refractivity contribution is 7.07. The molecule has 0 bridgehead atoms. The summed E-state index contributed by atoms with van der Waals surface area (Å²) in [6.45, 7) is 4.79. The summed E-state index contributed by atoms with van der Waals surface area (Å²) >= 11 is 1.69. The summed E-state index contributed by atoms with van der Waals surface area (Å²) in [5.74, 6) is 0. The van der Waals surface area contributed by atoms with Crippen molar-refractivity contribution in [1.29, 1.82) is 0 Å². The van der Waals surface area contributed by atoms with Gasteiger partial charge in [0.25, 0.3) is 0 Å². The van der Waals surface area contributed by atoms with E-state index in [1.807, 2.05) is 46.1 Å². The molecule has 138 valence electrons. The fourth-order valence-electron chi connectivity index (χ4n) is 2.44. The summed E-state index contributed by atoms with van der Waals surface area (Å²) < 4.78 is 0. The lowest BCUT2D eigenvalue weighted by molar-refractivity contribution is 0.229. The number of hydrogen-bond donors (Lipinski definition) is 3. The lowest BCUT2D eigenvalue weighted by atomic mass is 9.97. The van der Waals surface area contributed by atoms with Crippen LogP contribution in [0.15, 0.2) is 47.2 Å². The third-order valence-electron chi connectivity index (χ3n) is 3.45. The zero-order chi connectivity index (χ0) is 18.5. The van der Waals surface area contributed by atoms with Gasteiger partial charge in [0.2, 0.25) is 0 Å². The number of aryl methyl sites for hydroxylation is 1. The molecule has 25 heavy (non-hydrogen) atoms.